The molecule has 0 saturated carbocycles. The van der Waals surface area contributed by atoms with E-state index in [1.165, 1.54) is 33.7 Å². The van der Waals surface area contributed by atoms with Crippen LogP contribution < -0.4 is 15.2 Å². The van der Waals surface area contributed by atoms with Crippen molar-refractivity contribution in [1.82, 2.24) is 9.45 Å². The Hall–Kier alpha value is -2.42. The van der Waals surface area contributed by atoms with E-state index in [1.54, 1.807) is 24.4 Å². The zero-order chi connectivity index (χ0) is 17.5. The predicted molar refractivity (Wildman–Crippen MR) is 87.3 cm³/mol. The SMILES string of the molecule is CC1(C)C=C(n2ccccc2=O)c2cc(S(=O)(=O)NO)ccc2O1. The molecule has 2 N–H and O–H groups in total. The second-order valence-electron chi connectivity index (χ2n) is 5.90. The molecular formula is C16H16N2O5S. The quantitative estimate of drug-likeness (QED) is 0.821. The van der Waals surface area contributed by atoms with Gasteiger partial charge in [-0.05, 0) is 44.2 Å². The molecule has 2 aromatic rings. The Balaban J connectivity index is 2.27. The molecule has 0 fully saturated rings. The highest BCUT2D eigenvalue weighted by molar-refractivity contribution is 7.89. The lowest BCUT2D eigenvalue weighted by atomic mass is 9.99. The van der Waals surface area contributed by atoms with Crippen molar-refractivity contribution in [1.29, 1.82) is 0 Å². The molecular weight excluding hydrogens is 332 g/mol. The van der Waals surface area contributed by atoms with Gasteiger partial charge in [0.05, 0.1) is 10.6 Å². The number of benzene rings is 1. The van der Waals surface area contributed by atoms with E-state index < -0.39 is 15.6 Å². The first kappa shape index (κ1) is 16.4. The van der Waals surface area contributed by atoms with Gasteiger partial charge in [-0.2, -0.15) is 0 Å². The average Bonchev–Trinajstić information content (AvgIpc) is 2.53. The van der Waals surface area contributed by atoms with E-state index in [2.05, 4.69) is 0 Å². The van der Waals surface area contributed by atoms with Gasteiger partial charge in [0.1, 0.15) is 11.4 Å². The van der Waals surface area contributed by atoms with Gasteiger partial charge in [-0.3, -0.25) is 9.36 Å². The maximum Gasteiger partial charge on any atom is 0.262 e. The number of pyridine rings is 1. The maximum atomic E-state index is 12.2. The summed E-state index contributed by atoms with van der Waals surface area (Å²) in [6.45, 7) is 3.67. The number of fused-ring (bicyclic) bond motifs is 1. The molecule has 0 spiro atoms. The number of nitrogens with one attached hydrogen (secondary N) is 1. The van der Waals surface area contributed by atoms with Crippen LogP contribution in [0.25, 0.3) is 5.70 Å². The Kier molecular flexibility index (Phi) is 3.83. The first-order valence-corrected chi connectivity index (χ1v) is 8.62. The molecule has 126 valence electrons. The van der Waals surface area contributed by atoms with Crippen LogP contribution in [0.5, 0.6) is 5.75 Å². The third kappa shape index (κ3) is 2.86. The zero-order valence-electron chi connectivity index (χ0n) is 13.1. The number of ether oxygens (including phenoxy) is 1. The Morgan fingerprint density at radius 1 is 1.21 bits per heavy atom. The summed E-state index contributed by atoms with van der Waals surface area (Å²) in [5.41, 5.74) is 0.0366. The molecule has 0 amide bonds. The standard InChI is InChI=1S/C16H16N2O5S/c1-16(2)10-13(18-8-4-3-5-15(18)19)12-9-11(24(21,22)17-20)6-7-14(12)23-16/h3-10,17,20H,1-2H3. The zero-order valence-corrected chi connectivity index (χ0v) is 13.9. The summed E-state index contributed by atoms with van der Waals surface area (Å²) in [7, 11) is -4.04. The van der Waals surface area contributed by atoms with E-state index in [9.17, 15) is 13.2 Å². The third-order valence-electron chi connectivity index (χ3n) is 3.60. The van der Waals surface area contributed by atoms with Gasteiger partial charge in [-0.1, -0.05) is 11.0 Å². The van der Waals surface area contributed by atoms with Crippen LogP contribution in [0.3, 0.4) is 0 Å². The first-order valence-electron chi connectivity index (χ1n) is 7.14. The van der Waals surface area contributed by atoms with Crippen molar-refractivity contribution in [3.63, 3.8) is 0 Å². The summed E-state index contributed by atoms with van der Waals surface area (Å²) in [5, 5.41) is 8.82. The minimum Gasteiger partial charge on any atom is -0.483 e. The second-order valence-corrected chi connectivity index (χ2v) is 7.56. The molecule has 1 aliphatic heterocycles. The molecule has 7 nitrogen and oxygen atoms in total. The molecule has 8 heteroatoms. The van der Waals surface area contributed by atoms with Gasteiger partial charge < -0.3 is 9.94 Å². The van der Waals surface area contributed by atoms with Crippen LogP contribution in [0.15, 0.2) is 58.4 Å². The summed E-state index contributed by atoms with van der Waals surface area (Å²) in [6, 6.07) is 8.93. The molecule has 2 heterocycles. The maximum absolute atomic E-state index is 12.2. The largest absolute Gasteiger partial charge is 0.483 e. The molecule has 3 rings (SSSR count). The topological polar surface area (TPSA) is 97.6 Å². The molecule has 1 aromatic heterocycles. The van der Waals surface area contributed by atoms with E-state index in [4.69, 9.17) is 9.94 Å². The van der Waals surface area contributed by atoms with Crippen molar-refractivity contribution < 1.29 is 18.4 Å². The number of aromatic nitrogens is 1. The lowest BCUT2D eigenvalue weighted by molar-refractivity contribution is 0.157. The normalized spacial score (nSPS) is 16.0. The van der Waals surface area contributed by atoms with Crippen LogP contribution in [0.1, 0.15) is 19.4 Å². The van der Waals surface area contributed by atoms with Gasteiger partial charge in [0, 0.05) is 17.8 Å². The Morgan fingerprint density at radius 3 is 2.62 bits per heavy atom. The average molecular weight is 348 g/mol. The van der Waals surface area contributed by atoms with Crippen molar-refractivity contribution in [2.24, 2.45) is 0 Å². The Bertz CT molecular complexity index is 990. The van der Waals surface area contributed by atoms with E-state index in [0.29, 0.717) is 17.0 Å². The number of sulfonamides is 1. The molecule has 0 atom stereocenters. The van der Waals surface area contributed by atoms with Crippen molar-refractivity contribution in [2.45, 2.75) is 24.3 Å². The van der Waals surface area contributed by atoms with E-state index >= 15 is 0 Å². The highest BCUT2D eigenvalue weighted by atomic mass is 32.2. The number of hydrogen-bond acceptors (Lipinski definition) is 5. The molecule has 24 heavy (non-hydrogen) atoms. The van der Waals surface area contributed by atoms with E-state index in [0.717, 1.165) is 0 Å². The van der Waals surface area contributed by atoms with E-state index in [-0.39, 0.29) is 10.5 Å². The van der Waals surface area contributed by atoms with Crippen LogP contribution in [0.4, 0.5) is 0 Å². The summed E-state index contributed by atoms with van der Waals surface area (Å²) in [4.78, 5) is 13.3. The molecule has 0 saturated heterocycles. The minimum absolute atomic E-state index is 0.137. The van der Waals surface area contributed by atoms with Crippen LogP contribution in [0, 0.1) is 0 Å². The van der Waals surface area contributed by atoms with Gasteiger partial charge in [-0.15, -0.1) is 0 Å². The minimum atomic E-state index is -4.04. The van der Waals surface area contributed by atoms with Gasteiger partial charge in [0.2, 0.25) is 0 Å². The van der Waals surface area contributed by atoms with Gasteiger partial charge in [0.25, 0.3) is 15.6 Å². The number of rotatable bonds is 3. The summed E-state index contributed by atoms with van der Waals surface area (Å²) in [6.07, 6.45) is 3.35. The monoisotopic (exact) mass is 348 g/mol. The molecule has 0 aliphatic carbocycles. The molecule has 0 bridgehead atoms. The first-order chi connectivity index (χ1) is 11.2. The fourth-order valence-electron chi connectivity index (χ4n) is 2.56. The van der Waals surface area contributed by atoms with Crippen LogP contribution in [0.2, 0.25) is 0 Å². The lowest BCUT2D eigenvalue weighted by Gasteiger charge is -2.31. The molecule has 1 aliphatic rings. The summed E-state index contributed by atoms with van der Waals surface area (Å²) in [5.74, 6) is 0.449. The van der Waals surface area contributed by atoms with Crippen LogP contribution in [-0.2, 0) is 10.0 Å². The smallest absolute Gasteiger partial charge is 0.262 e. The van der Waals surface area contributed by atoms with Gasteiger partial charge >= 0.3 is 0 Å². The number of nitrogens with zero attached hydrogens (tertiary/aromatic N) is 1. The highest BCUT2D eigenvalue weighted by Crippen LogP contribution is 2.37. The summed E-state index contributed by atoms with van der Waals surface area (Å²) < 4.78 is 30.9. The molecule has 1 aromatic carbocycles. The summed E-state index contributed by atoms with van der Waals surface area (Å²) >= 11 is 0. The van der Waals surface area contributed by atoms with Crippen molar-refractivity contribution in [3.05, 3.63) is 64.6 Å². The number of hydrogen-bond donors (Lipinski definition) is 2. The molecule has 0 unspecified atom stereocenters. The predicted octanol–water partition coefficient (Wildman–Crippen LogP) is 1.58. The highest BCUT2D eigenvalue weighted by Gasteiger charge is 2.29. The van der Waals surface area contributed by atoms with Crippen LogP contribution >= 0.6 is 0 Å². The lowest BCUT2D eigenvalue weighted by Crippen LogP contribution is -2.32. The van der Waals surface area contributed by atoms with Crippen molar-refractivity contribution >= 4 is 15.7 Å². The second kappa shape index (κ2) is 5.59. The Morgan fingerprint density at radius 2 is 1.96 bits per heavy atom. The Labute approximate surface area is 138 Å². The third-order valence-corrected chi connectivity index (χ3v) is 4.71. The van der Waals surface area contributed by atoms with Gasteiger partial charge in [0.15, 0.2) is 0 Å². The van der Waals surface area contributed by atoms with Gasteiger partial charge in [-0.25, -0.2) is 8.42 Å². The van der Waals surface area contributed by atoms with Crippen molar-refractivity contribution in [2.75, 3.05) is 0 Å². The van der Waals surface area contributed by atoms with Crippen LogP contribution in [-0.4, -0.2) is 23.8 Å². The molecule has 0 radical (unpaired) electrons. The van der Waals surface area contributed by atoms with Crippen molar-refractivity contribution in [3.8, 4) is 5.75 Å². The fourth-order valence-corrected chi connectivity index (χ4v) is 3.19. The fraction of sp³-hybridized carbons (Fsp3) is 0.188. The van der Waals surface area contributed by atoms with E-state index in [1.807, 2.05) is 13.8 Å².